The van der Waals surface area contributed by atoms with Crippen molar-refractivity contribution >= 4 is 40.9 Å². The monoisotopic (exact) mass is 405 g/mol. The third-order valence-electron chi connectivity index (χ3n) is 4.85. The Morgan fingerprint density at radius 1 is 1.29 bits per heavy atom. The number of carbonyl (C=O) groups is 2. The second-order valence-electron chi connectivity index (χ2n) is 6.77. The fourth-order valence-corrected chi connectivity index (χ4v) is 3.65. The summed E-state index contributed by atoms with van der Waals surface area (Å²) < 4.78 is 13.3. The highest BCUT2D eigenvalue weighted by Gasteiger charge is 2.35. The maximum absolute atomic E-state index is 13.3. The number of nitrogens with zero attached hydrogens (tertiary/aromatic N) is 2. The van der Waals surface area contributed by atoms with Gasteiger partial charge in [0.15, 0.2) is 0 Å². The molecule has 10 heteroatoms. The minimum absolute atomic E-state index is 0.0965. The van der Waals surface area contributed by atoms with Gasteiger partial charge in [-0.1, -0.05) is 11.6 Å². The lowest BCUT2D eigenvalue weighted by molar-refractivity contribution is -0.123. The summed E-state index contributed by atoms with van der Waals surface area (Å²) in [6.45, 7) is 1.54. The summed E-state index contributed by atoms with van der Waals surface area (Å²) in [6, 6.07) is 3.73. The van der Waals surface area contributed by atoms with E-state index in [2.05, 4.69) is 20.6 Å². The average Bonchev–Trinajstić information content (AvgIpc) is 3.18. The van der Waals surface area contributed by atoms with Gasteiger partial charge in [-0.15, -0.1) is 0 Å². The number of H-pyrrole nitrogens is 1. The largest absolute Gasteiger partial charge is 0.342 e. The van der Waals surface area contributed by atoms with Gasteiger partial charge in [-0.2, -0.15) is 4.98 Å². The summed E-state index contributed by atoms with van der Waals surface area (Å²) in [5, 5.41) is 5.02. The first-order valence-corrected chi connectivity index (χ1v) is 9.25. The number of rotatable bonds is 3. The summed E-state index contributed by atoms with van der Waals surface area (Å²) >= 11 is 5.73. The Kier molecular flexibility index (Phi) is 4.76. The van der Waals surface area contributed by atoms with Crippen LogP contribution < -0.4 is 21.1 Å². The molecule has 3 N–H and O–H groups in total. The van der Waals surface area contributed by atoms with Crippen molar-refractivity contribution in [2.75, 3.05) is 28.6 Å². The maximum atomic E-state index is 13.3. The highest BCUT2D eigenvalue weighted by atomic mass is 35.5. The number of nitrogens with one attached hydrogen (secondary N) is 3. The maximum Gasteiger partial charge on any atom is 0.258 e. The zero-order valence-corrected chi connectivity index (χ0v) is 15.5. The van der Waals surface area contributed by atoms with Crippen LogP contribution in [0.2, 0.25) is 5.02 Å². The van der Waals surface area contributed by atoms with Crippen LogP contribution in [0.25, 0.3) is 0 Å². The van der Waals surface area contributed by atoms with Gasteiger partial charge in [0.25, 0.3) is 5.56 Å². The lowest BCUT2D eigenvalue weighted by Crippen LogP contribution is -2.37. The van der Waals surface area contributed by atoms with Crippen molar-refractivity contribution in [1.29, 1.82) is 0 Å². The SMILES string of the molecule is O=C1C[C@H](C(=O)Nc2ccc(F)c(Cl)c2)c2c(nc(N3CCCC3)[nH]c2=O)N1. The lowest BCUT2D eigenvalue weighted by Gasteiger charge is -2.25. The zero-order chi connectivity index (χ0) is 19.8. The molecule has 1 aromatic heterocycles. The first kappa shape index (κ1) is 18.4. The van der Waals surface area contributed by atoms with Gasteiger partial charge in [0, 0.05) is 25.2 Å². The highest BCUT2D eigenvalue weighted by Crippen LogP contribution is 2.31. The molecule has 2 aromatic rings. The van der Waals surface area contributed by atoms with E-state index in [1.807, 2.05) is 4.90 Å². The standard InChI is InChI=1S/C18H17ClFN5O3/c19-11-7-9(3-4-12(11)20)21-16(27)10-8-13(26)22-15-14(10)17(28)24-18(23-15)25-5-1-2-6-25/h3-4,7,10H,1-2,5-6,8H2,(H,21,27)(H2,22,23,24,26,28)/t10-/m0/s1. The number of hydrogen-bond donors (Lipinski definition) is 3. The Labute approximate surface area is 164 Å². The number of amides is 2. The molecule has 3 heterocycles. The van der Waals surface area contributed by atoms with Crippen molar-refractivity contribution in [1.82, 2.24) is 9.97 Å². The van der Waals surface area contributed by atoms with Crippen LogP contribution in [0.5, 0.6) is 0 Å². The molecule has 4 rings (SSSR count). The summed E-state index contributed by atoms with van der Waals surface area (Å²) in [5.41, 5.74) is -0.0977. The van der Waals surface area contributed by atoms with Gasteiger partial charge >= 0.3 is 0 Å². The minimum Gasteiger partial charge on any atom is -0.342 e. The topological polar surface area (TPSA) is 107 Å². The molecule has 0 spiro atoms. The first-order valence-electron chi connectivity index (χ1n) is 8.87. The predicted octanol–water partition coefficient (Wildman–Crippen LogP) is 2.23. The van der Waals surface area contributed by atoms with Crippen LogP contribution in [0.4, 0.5) is 21.8 Å². The number of aromatic amines is 1. The smallest absolute Gasteiger partial charge is 0.258 e. The number of carbonyl (C=O) groups excluding carboxylic acids is 2. The Bertz CT molecular complexity index is 1020. The van der Waals surface area contributed by atoms with Crippen molar-refractivity contribution in [3.8, 4) is 0 Å². The molecule has 146 valence electrons. The number of benzene rings is 1. The molecule has 2 aliphatic heterocycles. The van der Waals surface area contributed by atoms with E-state index in [0.29, 0.717) is 5.95 Å². The van der Waals surface area contributed by atoms with E-state index in [9.17, 15) is 18.8 Å². The molecular formula is C18H17ClFN5O3. The Hall–Kier alpha value is -2.94. The lowest BCUT2D eigenvalue weighted by atomic mass is 9.92. The van der Waals surface area contributed by atoms with E-state index in [1.165, 1.54) is 12.1 Å². The molecule has 2 amide bonds. The van der Waals surface area contributed by atoms with Crippen LogP contribution in [0.3, 0.4) is 0 Å². The van der Waals surface area contributed by atoms with Gasteiger partial charge in [-0.05, 0) is 31.0 Å². The Morgan fingerprint density at radius 3 is 2.75 bits per heavy atom. The van der Waals surface area contributed by atoms with Crippen molar-refractivity contribution in [2.45, 2.75) is 25.2 Å². The van der Waals surface area contributed by atoms with Crippen LogP contribution in [0.15, 0.2) is 23.0 Å². The van der Waals surface area contributed by atoms with E-state index < -0.39 is 29.1 Å². The summed E-state index contributed by atoms with van der Waals surface area (Å²) in [4.78, 5) is 46.5. The van der Waals surface area contributed by atoms with Gasteiger partial charge in [0.05, 0.1) is 16.5 Å². The normalized spacial score (nSPS) is 18.6. The second kappa shape index (κ2) is 7.23. The number of fused-ring (bicyclic) bond motifs is 1. The zero-order valence-electron chi connectivity index (χ0n) is 14.7. The minimum atomic E-state index is -1.02. The van der Waals surface area contributed by atoms with Crippen molar-refractivity contribution in [2.24, 2.45) is 0 Å². The molecule has 0 radical (unpaired) electrons. The molecule has 8 nitrogen and oxygen atoms in total. The third-order valence-corrected chi connectivity index (χ3v) is 5.14. The first-order chi connectivity index (χ1) is 13.4. The Morgan fingerprint density at radius 2 is 2.04 bits per heavy atom. The summed E-state index contributed by atoms with van der Waals surface area (Å²) in [5.74, 6) is -2.13. The van der Waals surface area contributed by atoms with E-state index in [0.717, 1.165) is 32.0 Å². The van der Waals surface area contributed by atoms with Gasteiger partial charge in [-0.25, -0.2) is 4.39 Å². The van der Waals surface area contributed by atoms with Crippen LogP contribution in [0.1, 0.15) is 30.7 Å². The van der Waals surface area contributed by atoms with Crippen LogP contribution in [0, 0.1) is 5.82 Å². The molecule has 0 saturated carbocycles. The van der Waals surface area contributed by atoms with Crippen molar-refractivity contribution < 1.29 is 14.0 Å². The molecule has 1 atom stereocenters. The molecular weight excluding hydrogens is 389 g/mol. The van der Waals surface area contributed by atoms with Gasteiger partial charge < -0.3 is 15.5 Å². The molecule has 1 aromatic carbocycles. The summed E-state index contributed by atoms with van der Waals surface area (Å²) in [6.07, 6.45) is 1.80. The van der Waals surface area contributed by atoms with Gasteiger partial charge in [0.1, 0.15) is 11.6 Å². The van der Waals surface area contributed by atoms with Crippen molar-refractivity contribution in [3.05, 3.63) is 45.0 Å². The molecule has 0 unspecified atom stereocenters. The second-order valence-corrected chi connectivity index (χ2v) is 7.18. The molecule has 2 aliphatic rings. The van der Waals surface area contributed by atoms with Crippen LogP contribution in [-0.4, -0.2) is 34.9 Å². The molecule has 0 aliphatic carbocycles. The highest BCUT2D eigenvalue weighted by molar-refractivity contribution is 6.31. The van der Waals surface area contributed by atoms with E-state index in [-0.39, 0.29) is 28.5 Å². The van der Waals surface area contributed by atoms with Gasteiger partial charge in [-0.3, -0.25) is 19.4 Å². The fourth-order valence-electron chi connectivity index (χ4n) is 3.47. The quantitative estimate of drug-likeness (QED) is 0.725. The average molecular weight is 406 g/mol. The Balaban J connectivity index is 1.65. The molecule has 1 fully saturated rings. The number of anilines is 3. The van der Waals surface area contributed by atoms with Crippen molar-refractivity contribution in [3.63, 3.8) is 0 Å². The fraction of sp³-hybridized carbons (Fsp3) is 0.333. The van der Waals surface area contributed by atoms with E-state index in [4.69, 9.17) is 11.6 Å². The van der Waals surface area contributed by atoms with Crippen LogP contribution in [-0.2, 0) is 9.59 Å². The molecule has 28 heavy (non-hydrogen) atoms. The molecule has 0 bridgehead atoms. The number of halogens is 2. The predicted molar refractivity (Wildman–Crippen MR) is 102 cm³/mol. The van der Waals surface area contributed by atoms with E-state index in [1.54, 1.807) is 0 Å². The summed E-state index contributed by atoms with van der Waals surface area (Å²) in [7, 11) is 0. The van der Waals surface area contributed by atoms with Gasteiger partial charge in [0.2, 0.25) is 17.8 Å². The number of aromatic nitrogens is 2. The third kappa shape index (κ3) is 3.45. The number of hydrogen-bond acceptors (Lipinski definition) is 5. The van der Waals surface area contributed by atoms with E-state index >= 15 is 0 Å². The van der Waals surface area contributed by atoms with Crippen LogP contribution >= 0.6 is 11.6 Å². The molecule has 1 saturated heterocycles.